The highest BCUT2D eigenvalue weighted by atomic mass is 79.9. The molecule has 2 N–H and O–H groups in total. The van der Waals surface area contributed by atoms with Crippen LogP contribution in [0.3, 0.4) is 0 Å². The number of benzene rings is 1. The second kappa shape index (κ2) is 9.47. The number of carbonyl (C=O) groups is 1. The fourth-order valence-electron chi connectivity index (χ4n) is 2.11. The van der Waals surface area contributed by atoms with E-state index in [2.05, 4.69) is 42.1 Å². The van der Waals surface area contributed by atoms with Crippen molar-refractivity contribution >= 4 is 33.6 Å². The Bertz CT molecular complexity index is 954. The van der Waals surface area contributed by atoms with E-state index in [1.807, 2.05) is 30.5 Å². The molecule has 0 saturated carbocycles. The molecule has 0 atom stereocenters. The fourth-order valence-corrected chi connectivity index (χ4v) is 2.69. The van der Waals surface area contributed by atoms with Crippen molar-refractivity contribution in [1.82, 2.24) is 19.9 Å². The number of halogens is 1. The summed E-state index contributed by atoms with van der Waals surface area (Å²) in [5.41, 5.74) is 6.55. The minimum atomic E-state index is -0.762. The van der Waals surface area contributed by atoms with Crippen molar-refractivity contribution in [2.24, 2.45) is 5.73 Å². The molecular weight excluding hydrogens is 446 g/mol. The van der Waals surface area contributed by atoms with Crippen LogP contribution in [-0.2, 0) is 0 Å². The minimum absolute atomic E-state index is 0.153. The Hall–Kier alpha value is -2.72. The molecule has 8 nitrogen and oxygen atoms in total. The Kier molecular flexibility index (Phi) is 6.77. The predicted octanol–water partition coefficient (Wildman–Crippen LogP) is 2.77. The lowest BCUT2D eigenvalue weighted by Gasteiger charge is -2.11. The molecule has 3 rings (SSSR count). The number of hydrogen-bond acceptors (Lipinski definition) is 8. The van der Waals surface area contributed by atoms with Gasteiger partial charge in [-0.1, -0.05) is 28.1 Å². The first-order valence-electron chi connectivity index (χ1n) is 8.04. The number of rotatable bonds is 8. The van der Waals surface area contributed by atoms with Gasteiger partial charge in [0.05, 0.1) is 5.56 Å². The molecule has 1 amide bonds. The Balaban J connectivity index is 1.70. The van der Waals surface area contributed by atoms with Crippen molar-refractivity contribution in [3.05, 3.63) is 53.2 Å². The number of hydrogen-bond donors (Lipinski definition) is 1. The van der Waals surface area contributed by atoms with Crippen molar-refractivity contribution in [3.8, 4) is 23.0 Å². The van der Waals surface area contributed by atoms with Gasteiger partial charge in [0.25, 0.3) is 5.91 Å². The average Bonchev–Trinajstić information content (AvgIpc) is 2.72. The first kappa shape index (κ1) is 20.0. The average molecular weight is 461 g/mol. The SMILES string of the molecule is CSc1cnc(OCCOc2nc(C(N)=O)n[c]c2-c2ccc(Br)cc2)nc1. The van der Waals surface area contributed by atoms with E-state index in [-0.39, 0.29) is 30.9 Å². The molecule has 143 valence electrons. The van der Waals surface area contributed by atoms with E-state index in [1.54, 1.807) is 24.2 Å². The van der Waals surface area contributed by atoms with Crippen molar-refractivity contribution < 1.29 is 14.3 Å². The molecule has 0 aliphatic rings. The quantitative estimate of drug-likeness (QED) is 0.403. The van der Waals surface area contributed by atoms with Crippen LogP contribution in [0.4, 0.5) is 0 Å². The molecule has 0 spiro atoms. The molecular formula is C18H15BrN5O3S. The van der Waals surface area contributed by atoms with Crippen LogP contribution in [0.25, 0.3) is 11.1 Å². The van der Waals surface area contributed by atoms with Crippen LogP contribution in [0.2, 0.25) is 0 Å². The maximum atomic E-state index is 11.4. The molecule has 0 unspecified atom stereocenters. The zero-order chi connectivity index (χ0) is 19.9. The van der Waals surface area contributed by atoms with Gasteiger partial charge in [0.15, 0.2) is 0 Å². The lowest BCUT2D eigenvalue weighted by molar-refractivity contribution is 0.0988. The first-order chi connectivity index (χ1) is 13.6. The van der Waals surface area contributed by atoms with Gasteiger partial charge in [-0.3, -0.25) is 4.79 Å². The Morgan fingerprint density at radius 2 is 1.86 bits per heavy atom. The van der Waals surface area contributed by atoms with Gasteiger partial charge in [0.1, 0.15) is 19.4 Å². The van der Waals surface area contributed by atoms with Gasteiger partial charge in [-0.15, -0.1) is 11.8 Å². The smallest absolute Gasteiger partial charge is 0.316 e. The molecule has 10 heteroatoms. The number of primary amides is 1. The molecule has 28 heavy (non-hydrogen) atoms. The van der Waals surface area contributed by atoms with E-state index >= 15 is 0 Å². The zero-order valence-electron chi connectivity index (χ0n) is 14.8. The molecule has 1 radical (unpaired) electrons. The number of ether oxygens (including phenoxy) is 2. The monoisotopic (exact) mass is 460 g/mol. The van der Waals surface area contributed by atoms with Crippen molar-refractivity contribution in [3.63, 3.8) is 0 Å². The highest BCUT2D eigenvalue weighted by molar-refractivity contribution is 9.10. The number of carbonyl (C=O) groups excluding carboxylic acids is 1. The summed E-state index contributed by atoms with van der Waals surface area (Å²) in [6.07, 6.45) is 8.07. The van der Waals surface area contributed by atoms with Gasteiger partial charge in [-0.05, 0) is 24.0 Å². The molecule has 2 heterocycles. The van der Waals surface area contributed by atoms with Crippen LogP contribution < -0.4 is 15.2 Å². The predicted molar refractivity (Wildman–Crippen MR) is 107 cm³/mol. The first-order valence-corrected chi connectivity index (χ1v) is 10.1. The van der Waals surface area contributed by atoms with E-state index < -0.39 is 5.91 Å². The van der Waals surface area contributed by atoms with E-state index in [0.717, 1.165) is 14.9 Å². The summed E-state index contributed by atoms with van der Waals surface area (Å²) in [6.45, 7) is 0.342. The third-order valence-electron chi connectivity index (χ3n) is 3.44. The Morgan fingerprint density at radius 1 is 1.18 bits per heavy atom. The van der Waals surface area contributed by atoms with Gasteiger partial charge < -0.3 is 15.2 Å². The second-order valence-electron chi connectivity index (χ2n) is 5.31. The fraction of sp³-hybridized carbons (Fsp3) is 0.167. The maximum absolute atomic E-state index is 11.4. The largest absolute Gasteiger partial charge is 0.473 e. The van der Waals surface area contributed by atoms with Crippen LogP contribution in [0, 0.1) is 6.20 Å². The van der Waals surface area contributed by atoms with Crippen LogP contribution in [0.1, 0.15) is 10.6 Å². The number of nitrogens with two attached hydrogens (primary N) is 1. The molecule has 2 aromatic heterocycles. The molecule has 3 aromatic rings. The van der Waals surface area contributed by atoms with E-state index in [0.29, 0.717) is 5.56 Å². The van der Waals surface area contributed by atoms with E-state index in [1.165, 1.54) is 0 Å². The molecule has 0 aliphatic heterocycles. The Labute approximate surface area is 174 Å². The number of nitrogens with zero attached hydrogens (tertiary/aromatic N) is 4. The molecule has 0 aliphatic carbocycles. The molecule has 0 fully saturated rings. The third-order valence-corrected chi connectivity index (χ3v) is 4.65. The lowest BCUT2D eigenvalue weighted by atomic mass is 10.1. The van der Waals surface area contributed by atoms with Crippen molar-refractivity contribution in [2.45, 2.75) is 4.90 Å². The number of aromatic nitrogens is 4. The molecule has 0 bridgehead atoms. The van der Waals surface area contributed by atoms with Crippen LogP contribution in [0.15, 0.2) is 46.0 Å². The van der Waals surface area contributed by atoms with Gasteiger partial charge in [-0.25, -0.2) is 15.0 Å². The zero-order valence-corrected chi connectivity index (χ0v) is 17.2. The van der Waals surface area contributed by atoms with Crippen molar-refractivity contribution in [2.75, 3.05) is 19.5 Å². The highest BCUT2D eigenvalue weighted by Gasteiger charge is 2.14. The standard InChI is InChI=1S/C18H15BrN5O3S/c1-28-13-8-22-18(23-9-13)27-7-6-26-17-14(10-21-16(24-17)15(20)25)11-2-4-12(19)5-3-11/h2-5,8-9H,6-7H2,1H3,(H2,20,25). The summed E-state index contributed by atoms with van der Waals surface area (Å²) >= 11 is 4.93. The van der Waals surface area contributed by atoms with Crippen LogP contribution in [0.5, 0.6) is 11.9 Å². The Morgan fingerprint density at radius 3 is 2.50 bits per heavy atom. The van der Waals surface area contributed by atoms with E-state index in [9.17, 15) is 4.79 Å². The maximum Gasteiger partial charge on any atom is 0.316 e. The van der Waals surface area contributed by atoms with Gasteiger partial charge in [-0.2, -0.15) is 4.98 Å². The highest BCUT2D eigenvalue weighted by Crippen LogP contribution is 2.28. The summed E-state index contributed by atoms with van der Waals surface area (Å²) in [4.78, 5) is 28.5. The van der Waals surface area contributed by atoms with Gasteiger partial charge in [0, 0.05) is 21.8 Å². The second-order valence-corrected chi connectivity index (χ2v) is 7.11. The summed E-state index contributed by atoms with van der Waals surface area (Å²) in [7, 11) is 0. The summed E-state index contributed by atoms with van der Waals surface area (Å²) < 4.78 is 12.1. The third kappa shape index (κ3) is 5.17. The molecule has 1 aromatic carbocycles. The summed E-state index contributed by atoms with van der Waals surface area (Å²) in [5.74, 6) is -0.747. The molecule has 0 saturated heterocycles. The number of thioether (sulfide) groups is 1. The summed E-state index contributed by atoms with van der Waals surface area (Å²) in [6, 6.07) is 7.70. The van der Waals surface area contributed by atoms with Crippen LogP contribution >= 0.6 is 27.7 Å². The topological polar surface area (TPSA) is 113 Å². The lowest BCUT2D eigenvalue weighted by Crippen LogP contribution is -2.17. The summed E-state index contributed by atoms with van der Waals surface area (Å²) in [5, 5.41) is 0. The number of amides is 1. The van der Waals surface area contributed by atoms with Gasteiger partial charge in [0.2, 0.25) is 11.7 Å². The normalized spacial score (nSPS) is 10.5. The van der Waals surface area contributed by atoms with E-state index in [4.69, 9.17) is 15.2 Å². The minimum Gasteiger partial charge on any atom is -0.473 e. The van der Waals surface area contributed by atoms with Gasteiger partial charge >= 0.3 is 6.01 Å². The van der Waals surface area contributed by atoms with Crippen LogP contribution in [-0.4, -0.2) is 45.3 Å². The van der Waals surface area contributed by atoms with Crippen molar-refractivity contribution in [1.29, 1.82) is 0 Å².